The summed E-state index contributed by atoms with van der Waals surface area (Å²) in [5.74, 6) is -0.222. The third kappa shape index (κ3) is 5.30. The van der Waals surface area contributed by atoms with Crippen LogP contribution in [0, 0.1) is 0 Å². The molecule has 0 aliphatic rings. The SMILES string of the molecule is COc1cccc(OCC(=O)N[C@H](CC(=O)O)c2cccs2)c1. The molecule has 0 unspecified atom stereocenters. The summed E-state index contributed by atoms with van der Waals surface area (Å²) in [4.78, 5) is 23.7. The highest BCUT2D eigenvalue weighted by Gasteiger charge is 2.19. The van der Waals surface area contributed by atoms with E-state index in [1.54, 1.807) is 37.4 Å². The molecule has 0 aliphatic carbocycles. The van der Waals surface area contributed by atoms with Gasteiger partial charge in [0.1, 0.15) is 11.5 Å². The monoisotopic (exact) mass is 335 g/mol. The Bertz CT molecular complexity index is 656. The number of amides is 1. The number of carboxylic acids is 1. The Labute approximate surface area is 137 Å². The van der Waals surface area contributed by atoms with Crippen molar-refractivity contribution in [3.8, 4) is 11.5 Å². The number of hydrogen-bond acceptors (Lipinski definition) is 5. The van der Waals surface area contributed by atoms with Gasteiger partial charge in [-0.15, -0.1) is 11.3 Å². The molecule has 1 aromatic heterocycles. The minimum Gasteiger partial charge on any atom is -0.497 e. The van der Waals surface area contributed by atoms with Crippen LogP contribution in [-0.4, -0.2) is 30.7 Å². The Morgan fingerprint density at radius 3 is 2.70 bits per heavy atom. The first-order chi connectivity index (χ1) is 11.1. The zero-order valence-electron chi connectivity index (χ0n) is 12.5. The van der Waals surface area contributed by atoms with E-state index in [4.69, 9.17) is 14.6 Å². The smallest absolute Gasteiger partial charge is 0.305 e. The highest BCUT2D eigenvalue weighted by atomic mass is 32.1. The Kier molecular flexibility index (Phi) is 5.99. The lowest BCUT2D eigenvalue weighted by atomic mass is 10.1. The molecule has 2 aromatic rings. The summed E-state index contributed by atoms with van der Waals surface area (Å²) in [5.41, 5.74) is 0. The lowest BCUT2D eigenvalue weighted by molar-refractivity contribution is -0.137. The molecule has 1 atom stereocenters. The van der Waals surface area contributed by atoms with Gasteiger partial charge in [0, 0.05) is 10.9 Å². The van der Waals surface area contributed by atoms with E-state index in [9.17, 15) is 9.59 Å². The molecule has 122 valence electrons. The number of benzene rings is 1. The molecule has 2 N–H and O–H groups in total. The first-order valence-corrected chi connectivity index (χ1v) is 7.78. The first-order valence-electron chi connectivity index (χ1n) is 6.90. The number of nitrogens with one attached hydrogen (secondary N) is 1. The van der Waals surface area contributed by atoms with Gasteiger partial charge in [0.05, 0.1) is 19.6 Å². The van der Waals surface area contributed by atoms with Crippen molar-refractivity contribution < 1.29 is 24.2 Å². The van der Waals surface area contributed by atoms with Gasteiger partial charge in [-0.25, -0.2) is 0 Å². The summed E-state index contributed by atoms with van der Waals surface area (Å²) in [5, 5.41) is 13.5. The molecule has 1 amide bonds. The van der Waals surface area contributed by atoms with E-state index in [0.29, 0.717) is 11.5 Å². The number of aliphatic carboxylic acids is 1. The van der Waals surface area contributed by atoms with E-state index in [2.05, 4.69) is 5.32 Å². The van der Waals surface area contributed by atoms with Crippen molar-refractivity contribution in [1.82, 2.24) is 5.32 Å². The van der Waals surface area contributed by atoms with Gasteiger partial charge in [0.2, 0.25) is 0 Å². The van der Waals surface area contributed by atoms with Gasteiger partial charge in [-0.3, -0.25) is 9.59 Å². The van der Waals surface area contributed by atoms with E-state index in [1.807, 2.05) is 11.4 Å². The van der Waals surface area contributed by atoms with Gasteiger partial charge in [0.15, 0.2) is 6.61 Å². The second kappa shape index (κ2) is 8.19. The molecule has 1 heterocycles. The fourth-order valence-corrected chi connectivity index (χ4v) is 2.74. The first kappa shape index (κ1) is 16.8. The normalized spacial score (nSPS) is 11.5. The average Bonchev–Trinajstić information content (AvgIpc) is 3.06. The van der Waals surface area contributed by atoms with Crippen molar-refractivity contribution in [2.75, 3.05) is 13.7 Å². The number of methoxy groups -OCH3 is 1. The van der Waals surface area contributed by atoms with E-state index < -0.39 is 12.0 Å². The Balaban J connectivity index is 1.92. The zero-order valence-corrected chi connectivity index (χ0v) is 13.3. The van der Waals surface area contributed by atoms with Crippen molar-refractivity contribution >= 4 is 23.2 Å². The number of carbonyl (C=O) groups excluding carboxylic acids is 1. The van der Waals surface area contributed by atoms with Crippen LogP contribution in [0.5, 0.6) is 11.5 Å². The van der Waals surface area contributed by atoms with E-state index in [-0.39, 0.29) is 18.9 Å². The van der Waals surface area contributed by atoms with Crippen molar-refractivity contribution in [1.29, 1.82) is 0 Å². The van der Waals surface area contributed by atoms with Crippen molar-refractivity contribution in [3.05, 3.63) is 46.7 Å². The van der Waals surface area contributed by atoms with Crippen LogP contribution in [0.25, 0.3) is 0 Å². The standard InChI is InChI=1S/C16H17NO5S/c1-21-11-4-2-5-12(8-11)22-10-15(18)17-13(9-16(19)20)14-6-3-7-23-14/h2-8,13H,9-10H2,1H3,(H,17,18)(H,19,20)/t13-/m1/s1. The van der Waals surface area contributed by atoms with Crippen LogP contribution in [-0.2, 0) is 9.59 Å². The minimum absolute atomic E-state index is 0.175. The van der Waals surface area contributed by atoms with Gasteiger partial charge in [-0.2, -0.15) is 0 Å². The zero-order chi connectivity index (χ0) is 16.7. The molecule has 0 radical (unpaired) electrons. The average molecular weight is 335 g/mol. The molecule has 2 rings (SSSR count). The van der Waals surface area contributed by atoms with Gasteiger partial charge >= 0.3 is 5.97 Å². The second-order valence-corrected chi connectivity index (χ2v) is 5.68. The van der Waals surface area contributed by atoms with E-state index in [0.717, 1.165) is 4.88 Å². The highest BCUT2D eigenvalue weighted by Crippen LogP contribution is 2.22. The molecule has 1 aromatic carbocycles. The number of ether oxygens (including phenoxy) is 2. The molecule has 0 aliphatic heterocycles. The maximum Gasteiger partial charge on any atom is 0.305 e. The predicted molar refractivity (Wildman–Crippen MR) is 85.9 cm³/mol. The summed E-state index contributed by atoms with van der Waals surface area (Å²) < 4.78 is 10.5. The fraction of sp³-hybridized carbons (Fsp3) is 0.250. The topological polar surface area (TPSA) is 84.9 Å². The highest BCUT2D eigenvalue weighted by molar-refractivity contribution is 7.10. The summed E-state index contributed by atoms with van der Waals surface area (Å²) in [6.45, 7) is -0.200. The number of hydrogen-bond donors (Lipinski definition) is 2. The summed E-state index contributed by atoms with van der Waals surface area (Å²) >= 11 is 1.40. The van der Waals surface area contributed by atoms with Crippen LogP contribution in [0.15, 0.2) is 41.8 Å². The second-order valence-electron chi connectivity index (χ2n) is 4.70. The van der Waals surface area contributed by atoms with E-state index >= 15 is 0 Å². The van der Waals surface area contributed by atoms with Gasteiger partial charge in [-0.05, 0) is 23.6 Å². The van der Waals surface area contributed by atoms with Crippen LogP contribution >= 0.6 is 11.3 Å². The maximum atomic E-state index is 12.0. The molecule has 0 saturated heterocycles. The van der Waals surface area contributed by atoms with Gasteiger partial charge in [0.25, 0.3) is 5.91 Å². The van der Waals surface area contributed by atoms with Gasteiger partial charge < -0.3 is 19.9 Å². The number of carbonyl (C=O) groups is 2. The van der Waals surface area contributed by atoms with Crippen LogP contribution in [0.2, 0.25) is 0 Å². The Morgan fingerprint density at radius 2 is 2.04 bits per heavy atom. The number of rotatable bonds is 8. The summed E-state index contributed by atoms with van der Waals surface area (Å²) in [6.07, 6.45) is -0.175. The lowest BCUT2D eigenvalue weighted by Gasteiger charge is -2.16. The molecule has 0 fully saturated rings. The molecular weight excluding hydrogens is 318 g/mol. The Hall–Kier alpha value is -2.54. The molecule has 0 spiro atoms. The van der Waals surface area contributed by atoms with Crippen molar-refractivity contribution in [2.24, 2.45) is 0 Å². The lowest BCUT2D eigenvalue weighted by Crippen LogP contribution is -2.33. The number of thiophene rings is 1. The fourth-order valence-electron chi connectivity index (χ4n) is 1.96. The van der Waals surface area contributed by atoms with Crippen LogP contribution in [0.3, 0.4) is 0 Å². The molecule has 0 bridgehead atoms. The molecule has 7 heteroatoms. The Morgan fingerprint density at radius 1 is 1.26 bits per heavy atom. The molecule has 23 heavy (non-hydrogen) atoms. The number of carboxylic acid groups (broad SMARTS) is 1. The predicted octanol–water partition coefficient (Wildman–Crippen LogP) is 2.47. The van der Waals surface area contributed by atoms with Crippen LogP contribution < -0.4 is 14.8 Å². The maximum absolute atomic E-state index is 12.0. The third-order valence-corrected chi connectivity index (χ3v) is 4.00. The molecule has 0 saturated carbocycles. The largest absolute Gasteiger partial charge is 0.497 e. The summed E-state index contributed by atoms with van der Waals surface area (Å²) in [6, 6.07) is 9.95. The van der Waals surface area contributed by atoms with Crippen LogP contribution in [0.4, 0.5) is 0 Å². The van der Waals surface area contributed by atoms with Gasteiger partial charge in [-0.1, -0.05) is 12.1 Å². The quantitative estimate of drug-likeness (QED) is 0.774. The summed E-state index contributed by atoms with van der Waals surface area (Å²) in [7, 11) is 1.54. The minimum atomic E-state index is -0.975. The van der Waals surface area contributed by atoms with Crippen LogP contribution in [0.1, 0.15) is 17.3 Å². The van der Waals surface area contributed by atoms with E-state index in [1.165, 1.54) is 11.3 Å². The van der Waals surface area contributed by atoms with Crippen molar-refractivity contribution in [2.45, 2.75) is 12.5 Å². The molecule has 6 nitrogen and oxygen atoms in total. The van der Waals surface area contributed by atoms with Crippen molar-refractivity contribution in [3.63, 3.8) is 0 Å². The third-order valence-electron chi connectivity index (χ3n) is 3.01. The molecular formula is C16H17NO5S.